The molecule has 0 radical (unpaired) electrons. The van der Waals surface area contributed by atoms with Crippen molar-refractivity contribution in [3.63, 3.8) is 0 Å². The fourth-order valence-corrected chi connectivity index (χ4v) is 2.86. The van der Waals surface area contributed by atoms with E-state index in [4.69, 9.17) is 0 Å². The van der Waals surface area contributed by atoms with E-state index in [1.54, 1.807) is 6.92 Å². The molecule has 1 unspecified atom stereocenters. The van der Waals surface area contributed by atoms with Crippen LogP contribution in [-0.4, -0.2) is 24.4 Å². The molecule has 0 aliphatic heterocycles. The standard InChI is InChI=1S/C15H24N2O2S/c1-5-7-12-9-13(20-11(12)4)15(19)17-10(3)14(18)16-8-6-2/h9-10H,5-8H2,1-4H3,(H,16,18)(H,17,19). The van der Waals surface area contributed by atoms with Crippen molar-refractivity contribution in [2.24, 2.45) is 0 Å². The lowest BCUT2D eigenvalue weighted by atomic mass is 10.1. The van der Waals surface area contributed by atoms with Crippen LogP contribution >= 0.6 is 11.3 Å². The molecule has 0 aliphatic rings. The summed E-state index contributed by atoms with van der Waals surface area (Å²) in [4.78, 5) is 25.7. The number of aryl methyl sites for hydroxylation is 2. The summed E-state index contributed by atoms with van der Waals surface area (Å²) >= 11 is 1.49. The maximum atomic E-state index is 12.1. The second-order valence-corrected chi connectivity index (χ2v) is 6.18. The summed E-state index contributed by atoms with van der Waals surface area (Å²) in [5, 5.41) is 5.52. The fourth-order valence-electron chi connectivity index (χ4n) is 1.88. The number of amides is 2. The van der Waals surface area contributed by atoms with Gasteiger partial charge in [0.2, 0.25) is 5.91 Å². The van der Waals surface area contributed by atoms with Crippen molar-refractivity contribution in [2.45, 2.75) is 53.0 Å². The summed E-state index contributed by atoms with van der Waals surface area (Å²) < 4.78 is 0. The lowest BCUT2D eigenvalue weighted by molar-refractivity contribution is -0.122. The number of carbonyl (C=O) groups is 2. The van der Waals surface area contributed by atoms with E-state index in [1.165, 1.54) is 21.8 Å². The smallest absolute Gasteiger partial charge is 0.262 e. The minimum Gasteiger partial charge on any atom is -0.354 e. The van der Waals surface area contributed by atoms with Crippen LogP contribution in [0.15, 0.2) is 6.07 Å². The Morgan fingerprint density at radius 2 is 2.00 bits per heavy atom. The number of hydrogen-bond donors (Lipinski definition) is 2. The van der Waals surface area contributed by atoms with Crippen molar-refractivity contribution in [3.8, 4) is 0 Å². The van der Waals surface area contributed by atoms with E-state index in [0.29, 0.717) is 11.4 Å². The molecule has 1 aromatic rings. The summed E-state index contributed by atoms with van der Waals surface area (Å²) in [6.45, 7) is 8.49. The first-order chi connectivity index (χ1) is 9.49. The molecule has 0 saturated carbocycles. The summed E-state index contributed by atoms with van der Waals surface area (Å²) in [6.07, 6.45) is 2.94. The molecule has 0 bridgehead atoms. The summed E-state index contributed by atoms with van der Waals surface area (Å²) in [5.74, 6) is -0.304. The Labute approximate surface area is 125 Å². The third-order valence-electron chi connectivity index (χ3n) is 3.05. The van der Waals surface area contributed by atoms with E-state index < -0.39 is 6.04 Å². The zero-order valence-corrected chi connectivity index (χ0v) is 13.5. The highest BCUT2D eigenvalue weighted by Crippen LogP contribution is 2.22. The molecule has 0 aromatic carbocycles. The Morgan fingerprint density at radius 3 is 2.60 bits per heavy atom. The molecule has 1 aromatic heterocycles. The molecule has 0 spiro atoms. The van der Waals surface area contributed by atoms with Crippen LogP contribution in [0.3, 0.4) is 0 Å². The second-order valence-electron chi connectivity index (χ2n) is 4.93. The SMILES string of the molecule is CCCNC(=O)C(C)NC(=O)c1cc(CCC)c(C)s1. The van der Waals surface area contributed by atoms with Gasteiger partial charge in [0, 0.05) is 11.4 Å². The molecule has 1 rings (SSSR count). The number of hydrogen-bond acceptors (Lipinski definition) is 3. The Balaban J connectivity index is 2.62. The molecule has 0 fully saturated rings. The normalized spacial score (nSPS) is 12.0. The Hall–Kier alpha value is -1.36. The minimum atomic E-state index is -0.508. The van der Waals surface area contributed by atoms with Crippen LogP contribution in [0.2, 0.25) is 0 Å². The lowest BCUT2D eigenvalue weighted by Gasteiger charge is -2.12. The first-order valence-corrected chi connectivity index (χ1v) is 7.99. The van der Waals surface area contributed by atoms with Crippen LogP contribution in [0.4, 0.5) is 0 Å². The molecular formula is C15H24N2O2S. The predicted octanol–water partition coefficient (Wildman–Crippen LogP) is 2.65. The molecule has 112 valence electrons. The quantitative estimate of drug-likeness (QED) is 0.812. The van der Waals surface area contributed by atoms with Gasteiger partial charge < -0.3 is 10.6 Å². The van der Waals surface area contributed by atoms with E-state index in [1.807, 2.05) is 19.9 Å². The van der Waals surface area contributed by atoms with Crippen LogP contribution in [0.5, 0.6) is 0 Å². The van der Waals surface area contributed by atoms with E-state index in [0.717, 1.165) is 19.3 Å². The van der Waals surface area contributed by atoms with Crippen molar-refractivity contribution < 1.29 is 9.59 Å². The largest absolute Gasteiger partial charge is 0.354 e. The molecule has 0 saturated heterocycles. The summed E-state index contributed by atoms with van der Waals surface area (Å²) in [5.41, 5.74) is 1.23. The third-order valence-corrected chi connectivity index (χ3v) is 4.15. The van der Waals surface area contributed by atoms with Gasteiger partial charge in [-0.15, -0.1) is 11.3 Å². The van der Waals surface area contributed by atoms with Crippen molar-refractivity contribution in [2.75, 3.05) is 6.54 Å². The van der Waals surface area contributed by atoms with Crippen molar-refractivity contribution in [3.05, 3.63) is 21.4 Å². The van der Waals surface area contributed by atoms with Crippen LogP contribution in [0, 0.1) is 6.92 Å². The molecule has 5 heteroatoms. The minimum absolute atomic E-state index is 0.137. The van der Waals surface area contributed by atoms with Crippen LogP contribution in [0.25, 0.3) is 0 Å². The van der Waals surface area contributed by atoms with Gasteiger partial charge in [0.15, 0.2) is 0 Å². The van der Waals surface area contributed by atoms with E-state index >= 15 is 0 Å². The molecular weight excluding hydrogens is 272 g/mol. The molecule has 4 nitrogen and oxygen atoms in total. The molecule has 20 heavy (non-hydrogen) atoms. The molecule has 0 aliphatic carbocycles. The maximum Gasteiger partial charge on any atom is 0.262 e. The van der Waals surface area contributed by atoms with Gasteiger partial charge >= 0.3 is 0 Å². The highest BCUT2D eigenvalue weighted by Gasteiger charge is 2.18. The predicted molar refractivity (Wildman–Crippen MR) is 83.3 cm³/mol. The third kappa shape index (κ3) is 4.63. The van der Waals surface area contributed by atoms with E-state index in [9.17, 15) is 9.59 Å². The van der Waals surface area contributed by atoms with Gasteiger partial charge in [0.25, 0.3) is 5.91 Å². The first kappa shape index (κ1) is 16.7. The molecule has 2 N–H and O–H groups in total. The van der Waals surface area contributed by atoms with E-state index in [2.05, 4.69) is 17.6 Å². The van der Waals surface area contributed by atoms with Gasteiger partial charge in [-0.2, -0.15) is 0 Å². The van der Waals surface area contributed by atoms with Gasteiger partial charge in [-0.05, 0) is 38.3 Å². The van der Waals surface area contributed by atoms with Crippen molar-refractivity contribution in [1.29, 1.82) is 0 Å². The van der Waals surface area contributed by atoms with Gasteiger partial charge in [0.1, 0.15) is 6.04 Å². The van der Waals surface area contributed by atoms with Crippen LogP contribution in [0.1, 0.15) is 53.7 Å². The Bertz CT molecular complexity index is 468. The van der Waals surface area contributed by atoms with Gasteiger partial charge in [-0.3, -0.25) is 9.59 Å². The average Bonchev–Trinajstić information content (AvgIpc) is 2.78. The van der Waals surface area contributed by atoms with Crippen molar-refractivity contribution >= 4 is 23.2 Å². The number of carbonyl (C=O) groups excluding carboxylic acids is 2. The molecule has 2 amide bonds. The Kier molecular flexibility index (Phi) is 6.71. The zero-order chi connectivity index (χ0) is 15.1. The highest BCUT2D eigenvalue weighted by atomic mass is 32.1. The summed E-state index contributed by atoms with van der Waals surface area (Å²) in [7, 11) is 0. The van der Waals surface area contributed by atoms with Gasteiger partial charge in [-0.1, -0.05) is 20.3 Å². The maximum absolute atomic E-state index is 12.1. The van der Waals surface area contributed by atoms with Crippen LogP contribution in [-0.2, 0) is 11.2 Å². The van der Waals surface area contributed by atoms with E-state index in [-0.39, 0.29) is 11.8 Å². The first-order valence-electron chi connectivity index (χ1n) is 7.17. The Morgan fingerprint density at radius 1 is 1.30 bits per heavy atom. The lowest BCUT2D eigenvalue weighted by Crippen LogP contribution is -2.44. The number of nitrogens with one attached hydrogen (secondary N) is 2. The zero-order valence-electron chi connectivity index (χ0n) is 12.7. The summed E-state index contributed by atoms with van der Waals surface area (Å²) in [6, 6.07) is 1.43. The average molecular weight is 296 g/mol. The fraction of sp³-hybridized carbons (Fsp3) is 0.600. The topological polar surface area (TPSA) is 58.2 Å². The molecule has 1 heterocycles. The number of rotatable bonds is 7. The van der Waals surface area contributed by atoms with Crippen molar-refractivity contribution in [1.82, 2.24) is 10.6 Å². The highest BCUT2D eigenvalue weighted by molar-refractivity contribution is 7.14. The monoisotopic (exact) mass is 296 g/mol. The van der Waals surface area contributed by atoms with Gasteiger partial charge in [0.05, 0.1) is 4.88 Å². The van der Waals surface area contributed by atoms with Gasteiger partial charge in [-0.25, -0.2) is 0 Å². The second kappa shape index (κ2) is 8.04. The van der Waals surface area contributed by atoms with Crippen LogP contribution < -0.4 is 10.6 Å². The molecule has 1 atom stereocenters. The number of thiophene rings is 1.